The van der Waals surface area contributed by atoms with Crippen LogP contribution >= 0.6 is 0 Å². The fourth-order valence-electron chi connectivity index (χ4n) is 3.99. The summed E-state index contributed by atoms with van der Waals surface area (Å²) in [4.78, 5) is 9.66. The van der Waals surface area contributed by atoms with Gasteiger partial charge in [-0.2, -0.15) is 0 Å². The number of likely N-dealkylation sites (tertiary alicyclic amines) is 1. The molecule has 0 N–H and O–H groups in total. The van der Waals surface area contributed by atoms with Crippen LogP contribution in [0.15, 0.2) is 42.6 Å². The Kier molecular flexibility index (Phi) is 3.38. The van der Waals surface area contributed by atoms with Crippen molar-refractivity contribution < 1.29 is 0 Å². The van der Waals surface area contributed by atoms with E-state index in [1.807, 2.05) is 6.20 Å². The Balaban J connectivity index is 1.51. The maximum absolute atomic E-state index is 4.69. The molecule has 2 aliphatic heterocycles. The Morgan fingerprint density at radius 2 is 1.77 bits per heavy atom. The van der Waals surface area contributed by atoms with Crippen LogP contribution < -0.4 is 4.90 Å². The molecule has 0 aliphatic carbocycles. The zero-order valence-corrected chi connectivity index (χ0v) is 13.4. The zero-order chi connectivity index (χ0) is 15.1. The normalized spacial score (nSPS) is 24.7. The summed E-state index contributed by atoms with van der Waals surface area (Å²) in [5.74, 6) is 1.67. The van der Waals surface area contributed by atoms with Gasteiger partial charge in [0, 0.05) is 31.7 Å². The monoisotopic (exact) mass is 293 g/mol. The van der Waals surface area contributed by atoms with Gasteiger partial charge in [0.25, 0.3) is 0 Å². The van der Waals surface area contributed by atoms with E-state index in [0.717, 1.165) is 17.5 Å². The van der Waals surface area contributed by atoms with Crippen molar-refractivity contribution in [1.29, 1.82) is 0 Å². The first-order chi connectivity index (χ1) is 10.7. The van der Waals surface area contributed by atoms with Crippen molar-refractivity contribution in [2.45, 2.75) is 6.92 Å². The molecule has 0 saturated carbocycles. The second kappa shape index (κ2) is 5.40. The largest absolute Gasteiger partial charge is 0.370 e. The number of hydrogen-bond acceptors (Lipinski definition) is 3. The predicted molar refractivity (Wildman–Crippen MR) is 91.1 cm³/mol. The third-order valence-corrected chi connectivity index (χ3v) is 5.10. The van der Waals surface area contributed by atoms with Gasteiger partial charge in [-0.3, -0.25) is 4.98 Å². The molecule has 2 unspecified atom stereocenters. The quantitative estimate of drug-likeness (QED) is 0.848. The Bertz CT molecular complexity index is 651. The van der Waals surface area contributed by atoms with Crippen molar-refractivity contribution in [3.8, 4) is 11.3 Å². The second-order valence-electron chi connectivity index (χ2n) is 6.92. The van der Waals surface area contributed by atoms with Gasteiger partial charge in [-0.05, 0) is 44.0 Å². The van der Waals surface area contributed by atoms with Crippen LogP contribution in [0.1, 0.15) is 5.56 Å². The van der Waals surface area contributed by atoms with Gasteiger partial charge in [-0.1, -0.05) is 23.8 Å². The number of anilines is 1. The fraction of sp³-hybridized carbons (Fsp3) is 0.421. The molecule has 0 spiro atoms. The lowest BCUT2D eigenvalue weighted by Crippen LogP contribution is -2.26. The summed E-state index contributed by atoms with van der Waals surface area (Å²) in [5, 5.41) is 0. The van der Waals surface area contributed by atoms with Gasteiger partial charge in [-0.25, -0.2) is 0 Å². The third-order valence-electron chi connectivity index (χ3n) is 5.10. The molecule has 0 radical (unpaired) electrons. The Morgan fingerprint density at radius 1 is 1.00 bits per heavy atom. The van der Waals surface area contributed by atoms with Gasteiger partial charge in [0.15, 0.2) is 0 Å². The average molecular weight is 293 g/mol. The molecule has 0 bridgehead atoms. The summed E-state index contributed by atoms with van der Waals surface area (Å²) < 4.78 is 0. The minimum absolute atomic E-state index is 0.835. The van der Waals surface area contributed by atoms with Crippen molar-refractivity contribution in [2.75, 3.05) is 38.1 Å². The molecular weight excluding hydrogens is 270 g/mol. The van der Waals surface area contributed by atoms with E-state index in [9.17, 15) is 0 Å². The van der Waals surface area contributed by atoms with Gasteiger partial charge >= 0.3 is 0 Å². The highest BCUT2D eigenvalue weighted by atomic mass is 15.2. The summed E-state index contributed by atoms with van der Waals surface area (Å²) in [7, 11) is 2.24. The maximum atomic E-state index is 4.69. The van der Waals surface area contributed by atoms with Crippen molar-refractivity contribution >= 4 is 5.69 Å². The number of rotatable bonds is 2. The molecule has 2 fully saturated rings. The summed E-state index contributed by atoms with van der Waals surface area (Å²) in [6.07, 6.45) is 2.04. The molecule has 114 valence electrons. The first-order valence-electron chi connectivity index (χ1n) is 8.15. The SMILES string of the molecule is Cc1cccc(-c2ccc(N3CC4CN(C)CC4C3)cn2)c1. The molecule has 3 heterocycles. The van der Waals surface area contributed by atoms with Crippen molar-refractivity contribution in [3.05, 3.63) is 48.2 Å². The van der Waals surface area contributed by atoms with Crippen molar-refractivity contribution in [1.82, 2.24) is 9.88 Å². The van der Waals surface area contributed by atoms with E-state index in [2.05, 4.69) is 60.2 Å². The molecule has 2 aromatic rings. The number of pyridine rings is 1. The van der Waals surface area contributed by atoms with Gasteiger partial charge < -0.3 is 9.80 Å². The fourth-order valence-corrected chi connectivity index (χ4v) is 3.99. The third kappa shape index (κ3) is 2.50. The first kappa shape index (κ1) is 13.8. The van der Waals surface area contributed by atoms with Crippen LogP contribution in [0, 0.1) is 18.8 Å². The summed E-state index contributed by atoms with van der Waals surface area (Å²) in [6.45, 7) is 6.98. The molecule has 2 aliphatic rings. The molecule has 0 amide bonds. The minimum atomic E-state index is 0.835. The molecule has 4 rings (SSSR count). The molecule has 2 saturated heterocycles. The van der Waals surface area contributed by atoms with Gasteiger partial charge in [-0.15, -0.1) is 0 Å². The van der Waals surface area contributed by atoms with E-state index in [-0.39, 0.29) is 0 Å². The van der Waals surface area contributed by atoms with E-state index in [1.165, 1.54) is 43.0 Å². The number of fused-ring (bicyclic) bond motifs is 1. The van der Waals surface area contributed by atoms with Crippen molar-refractivity contribution in [3.63, 3.8) is 0 Å². The number of aromatic nitrogens is 1. The zero-order valence-electron chi connectivity index (χ0n) is 13.4. The molecule has 3 heteroatoms. The summed E-state index contributed by atoms with van der Waals surface area (Å²) >= 11 is 0. The smallest absolute Gasteiger partial charge is 0.0703 e. The Labute approximate surface area is 132 Å². The summed E-state index contributed by atoms with van der Waals surface area (Å²) in [5.41, 5.74) is 4.81. The lowest BCUT2D eigenvalue weighted by molar-refractivity contribution is 0.387. The molecule has 1 aromatic carbocycles. The number of hydrogen-bond donors (Lipinski definition) is 0. The maximum Gasteiger partial charge on any atom is 0.0703 e. The second-order valence-corrected chi connectivity index (χ2v) is 6.92. The average Bonchev–Trinajstić information content (AvgIpc) is 3.05. The van der Waals surface area contributed by atoms with Gasteiger partial charge in [0.2, 0.25) is 0 Å². The van der Waals surface area contributed by atoms with E-state index in [4.69, 9.17) is 4.98 Å². The highest BCUT2D eigenvalue weighted by Gasteiger charge is 2.38. The topological polar surface area (TPSA) is 19.4 Å². The lowest BCUT2D eigenvalue weighted by Gasteiger charge is -2.21. The van der Waals surface area contributed by atoms with Crippen LogP contribution in [0.2, 0.25) is 0 Å². The standard InChI is InChI=1S/C19H23N3/c1-14-4-3-5-15(8-14)19-7-6-18(9-20-19)22-12-16-10-21(2)11-17(16)13-22/h3-9,16-17H,10-13H2,1-2H3. The van der Waals surface area contributed by atoms with E-state index < -0.39 is 0 Å². The highest BCUT2D eigenvalue weighted by Crippen LogP contribution is 2.33. The predicted octanol–water partition coefficient (Wildman–Crippen LogP) is 3.05. The number of nitrogens with zero attached hydrogens (tertiary/aromatic N) is 3. The highest BCUT2D eigenvalue weighted by molar-refractivity contribution is 5.62. The number of aryl methyl sites for hydroxylation is 1. The summed E-state index contributed by atoms with van der Waals surface area (Å²) in [6, 6.07) is 12.9. The van der Waals surface area contributed by atoms with Crippen LogP contribution in [0.25, 0.3) is 11.3 Å². The number of benzene rings is 1. The van der Waals surface area contributed by atoms with E-state index in [0.29, 0.717) is 0 Å². The van der Waals surface area contributed by atoms with Gasteiger partial charge in [0.1, 0.15) is 0 Å². The molecule has 2 atom stereocenters. The molecule has 22 heavy (non-hydrogen) atoms. The Hall–Kier alpha value is -1.87. The Morgan fingerprint density at radius 3 is 2.41 bits per heavy atom. The minimum Gasteiger partial charge on any atom is -0.370 e. The van der Waals surface area contributed by atoms with E-state index in [1.54, 1.807) is 0 Å². The van der Waals surface area contributed by atoms with Crippen LogP contribution in [0.3, 0.4) is 0 Å². The first-order valence-corrected chi connectivity index (χ1v) is 8.15. The van der Waals surface area contributed by atoms with Crippen LogP contribution in [0.5, 0.6) is 0 Å². The lowest BCUT2D eigenvalue weighted by atomic mass is 10.0. The molecule has 1 aromatic heterocycles. The van der Waals surface area contributed by atoms with E-state index >= 15 is 0 Å². The van der Waals surface area contributed by atoms with Crippen LogP contribution in [-0.2, 0) is 0 Å². The van der Waals surface area contributed by atoms with Crippen LogP contribution in [0.4, 0.5) is 5.69 Å². The molecule has 3 nitrogen and oxygen atoms in total. The van der Waals surface area contributed by atoms with Crippen LogP contribution in [-0.4, -0.2) is 43.1 Å². The van der Waals surface area contributed by atoms with Gasteiger partial charge in [0.05, 0.1) is 17.6 Å². The van der Waals surface area contributed by atoms with Crippen molar-refractivity contribution in [2.24, 2.45) is 11.8 Å². The molecular formula is C19H23N3.